The van der Waals surface area contributed by atoms with Crippen LogP contribution in [0.3, 0.4) is 0 Å². The van der Waals surface area contributed by atoms with Crippen LogP contribution in [-0.2, 0) is 4.74 Å². The van der Waals surface area contributed by atoms with Crippen molar-refractivity contribution in [1.29, 1.82) is 0 Å². The van der Waals surface area contributed by atoms with Crippen LogP contribution < -0.4 is 11.1 Å². The molecule has 6 heteroatoms. The molecule has 1 aliphatic heterocycles. The van der Waals surface area contributed by atoms with Gasteiger partial charge in [0.2, 0.25) is 0 Å². The molecule has 0 radical (unpaired) electrons. The Morgan fingerprint density at radius 3 is 3.12 bits per heavy atom. The summed E-state index contributed by atoms with van der Waals surface area (Å²) in [5, 5.41) is 9.37. The summed E-state index contributed by atoms with van der Waals surface area (Å²) in [5.41, 5.74) is 7.12. The highest BCUT2D eigenvalue weighted by Crippen LogP contribution is 2.13. The highest BCUT2D eigenvalue weighted by molar-refractivity contribution is 5.97. The van der Waals surface area contributed by atoms with Crippen molar-refractivity contribution in [2.24, 2.45) is 5.92 Å². The number of anilines is 1. The molecule has 0 aliphatic carbocycles. The summed E-state index contributed by atoms with van der Waals surface area (Å²) in [6.07, 6.45) is 0.995. The van der Waals surface area contributed by atoms with Crippen LogP contribution in [0, 0.1) is 12.8 Å². The summed E-state index contributed by atoms with van der Waals surface area (Å²) in [7, 11) is 0. The van der Waals surface area contributed by atoms with Gasteiger partial charge in [-0.15, -0.1) is 0 Å². The van der Waals surface area contributed by atoms with Crippen molar-refractivity contribution in [2.75, 3.05) is 25.5 Å². The van der Waals surface area contributed by atoms with Crippen molar-refractivity contribution in [1.82, 2.24) is 15.5 Å². The Bertz CT molecular complexity index is 382. The van der Waals surface area contributed by atoms with Gasteiger partial charge in [0, 0.05) is 19.1 Å². The Kier molecular flexibility index (Phi) is 3.09. The van der Waals surface area contributed by atoms with Crippen molar-refractivity contribution in [3.63, 3.8) is 0 Å². The van der Waals surface area contributed by atoms with Gasteiger partial charge in [-0.25, -0.2) is 0 Å². The number of carbonyl (C=O) groups is 1. The lowest BCUT2D eigenvalue weighted by Crippen LogP contribution is -2.30. The zero-order chi connectivity index (χ0) is 11.5. The molecule has 1 aromatic rings. The first-order valence-electron chi connectivity index (χ1n) is 5.35. The summed E-state index contributed by atoms with van der Waals surface area (Å²) in [5.74, 6) is 0.180. The molecule has 6 nitrogen and oxygen atoms in total. The maximum Gasteiger partial charge on any atom is 0.273 e. The number of aromatic nitrogens is 2. The second kappa shape index (κ2) is 4.52. The van der Waals surface area contributed by atoms with Gasteiger partial charge in [0.25, 0.3) is 5.91 Å². The zero-order valence-electron chi connectivity index (χ0n) is 9.25. The van der Waals surface area contributed by atoms with Crippen LogP contribution in [0.15, 0.2) is 0 Å². The van der Waals surface area contributed by atoms with Gasteiger partial charge in [-0.2, -0.15) is 5.10 Å². The average molecular weight is 224 g/mol. The molecule has 1 aliphatic rings. The number of hydrogen-bond donors (Lipinski definition) is 3. The number of carbonyl (C=O) groups excluding carboxylic acids is 1. The van der Waals surface area contributed by atoms with E-state index in [9.17, 15) is 4.79 Å². The van der Waals surface area contributed by atoms with Crippen LogP contribution in [0.25, 0.3) is 0 Å². The van der Waals surface area contributed by atoms with Gasteiger partial charge in [0.1, 0.15) is 0 Å². The second-order valence-electron chi connectivity index (χ2n) is 4.05. The fourth-order valence-electron chi connectivity index (χ4n) is 1.68. The third-order valence-electron chi connectivity index (χ3n) is 2.78. The molecular formula is C10H16N4O2. The van der Waals surface area contributed by atoms with Crippen molar-refractivity contribution >= 4 is 11.6 Å². The van der Waals surface area contributed by atoms with E-state index in [0.29, 0.717) is 23.8 Å². The summed E-state index contributed by atoms with van der Waals surface area (Å²) in [4.78, 5) is 11.7. The lowest BCUT2D eigenvalue weighted by atomic mass is 10.1. The third-order valence-corrected chi connectivity index (χ3v) is 2.78. The van der Waals surface area contributed by atoms with Crippen LogP contribution in [0.5, 0.6) is 0 Å². The van der Waals surface area contributed by atoms with Crippen molar-refractivity contribution < 1.29 is 9.53 Å². The molecule has 1 fully saturated rings. The predicted molar refractivity (Wildman–Crippen MR) is 59.0 cm³/mol. The first-order valence-corrected chi connectivity index (χ1v) is 5.35. The molecule has 0 saturated carbocycles. The summed E-state index contributed by atoms with van der Waals surface area (Å²) in [6, 6.07) is 0. The zero-order valence-corrected chi connectivity index (χ0v) is 9.25. The van der Waals surface area contributed by atoms with Gasteiger partial charge in [0.05, 0.1) is 18.0 Å². The lowest BCUT2D eigenvalue weighted by molar-refractivity contribution is 0.0941. The molecular weight excluding hydrogens is 208 g/mol. The number of hydrogen-bond acceptors (Lipinski definition) is 4. The van der Waals surface area contributed by atoms with E-state index >= 15 is 0 Å². The number of aromatic amines is 1. The minimum atomic E-state index is -0.228. The Morgan fingerprint density at radius 2 is 2.56 bits per heavy atom. The maximum atomic E-state index is 11.7. The monoisotopic (exact) mass is 224 g/mol. The Balaban J connectivity index is 1.90. The maximum absolute atomic E-state index is 11.7. The number of nitrogens with zero attached hydrogens (tertiary/aromatic N) is 1. The molecule has 0 aromatic carbocycles. The highest BCUT2D eigenvalue weighted by atomic mass is 16.5. The van der Waals surface area contributed by atoms with E-state index in [2.05, 4.69) is 15.5 Å². The van der Waals surface area contributed by atoms with E-state index in [1.807, 2.05) is 0 Å². The molecule has 0 bridgehead atoms. The van der Waals surface area contributed by atoms with Crippen LogP contribution in [0.1, 0.15) is 22.6 Å². The highest BCUT2D eigenvalue weighted by Gasteiger charge is 2.19. The van der Waals surface area contributed by atoms with E-state index < -0.39 is 0 Å². The van der Waals surface area contributed by atoms with Gasteiger partial charge in [-0.05, 0) is 13.3 Å². The van der Waals surface area contributed by atoms with E-state index in [1.165, 1.54) is 0 Å². The molecule has 0 spiro atoms. The normalized spacial score (nSPS) is 19.9. The topological polar surface area (TPSA) is 93.0 Å². The molecule has 1 saturated heterocycles. The number of amides is 1. The van der Waals surface area contributed by atoms with Gasteiger partial charge in [-0.1, -0.05) is 0 Å². The number of rotatable bonds is 3. The molecule has 2 heterocycles. The van der Waals surface area contributed by atoms with Crippen molar-refractivity contribution in [2.45, 2.75) is 13.3 Å². The number of H-pyrrole nitrogens is 1. The second-order valence-corrected chi connectivity index (χ2v) is 4.05. The summed E-state index contributed by atoms with van der Waals surface area (Å²) in [6.45, 7) is 3.90. The molecule has 1 amide bonds. The van der Waals surface area contributed by atoms with E-state index in [4.69, 9.17) is 10.5 Å². The van der Waals surface area contributed by atoms with Gasteiger partial charge >= 0.3 is 0 Å². The van der Waals surface area contributed by atoms with E-state index in [1.54, 1.807) is 6.92 Å². The van der Waals surface area contributed by atoms with Crippen LogP contribution in [-0.4, -0.2) is 35.9 Å². The van der Waals surface area contributed by atoms with E-state index in [0.717, 1.165) is 19.6 Å². The van der Waals surface area contributed by atoms with Crippen LogP contribution in [0.2, 0.25) is 0 Å². The van der Waals surface area contributed by atoms with Crippen molar-refractivity contribution in [3.8, 4) is 0 Å². The molecule has 1 unspecified atom stereocenters. The lowest BCUT2D eigenvalue weighted by Gasteiger charge is -2.08. The first-order chi connectivity index (χ1) is 7.68. The number of nitrogen functional groups attached to an aromatic ring is 1. The molecule has 88 valence electrons. The molecule has 16 heavy (non-hydrogen) atoms. The smallest absolute Gasteiger partial charge is 0.273 e. The summed E-state index contributed by atoms with van der Waals surface area (Å²) >= 11 is 0. The van der Waals surface area contributed by atoms with Crippen molar-refractivity contribution in [3.05, 3.63) is 11.4 Å². The molecule has 1 aromatic heterocycles. The Hall–Kier alpha value is -1.56. The fourth-order valence-corrected chi connectivity index (χ4v) is 1.68. The first kappa shape index (κ1) is 10.9. The largest absolute Gasteiger partial charge is 0.395 e. The quantitative estimate of drug-likeness (QED) is 0.677. The van der Waals surface area contributed by atoms with Gasteiger partial charge in [-0.3, -0.25) is 9.89 Å². The molecule has 2 rings (SSSR count). The number of nitrogens with two attached hydrogens (primary N) is 1. The predicted octanol–water partition coefficient (Wildman–Crippen LogP) is 0.0666. The minimum Gasteiger partial charge on any atom is -0.395 e. The fraction of sp³-hybridized carbons (Fsp3) is 0.600. The van der Waals surface area contributed by atoms with Crippen LogP contribution in [0.4, 0.5) is 5.69 Å². The standard InChI is InChI=1S/C10H16N4O2/c1-6-8(11)9(14-13-6)10(15)12-4-7-2-3-16-5-7/h7H,2-5,11H2,1H3,(H,12,15)(H,13,14). The van der Waals surface area contributed by atoms with Crippen LogP contribution >= 0.6 is 0 Å². The van der Waals surface area contributed by atoms with E-state index in [-0.39, 0.29) is 11.6 Å². The molecule has 1 atom stereocenters. The Labute approximate surface area is 93.5 Å². The SMILES string of the molecule is Cc1[nH]nc(C(=O)NCC2CCOC2)c1N. The third kappa shape index (κ3) is 2.16. The van der Waals surface area contributed by atoms with Gasteiger partial charge < -0.3 is 15.8 Å². The molecule has 4 N–H and O–H groups in total. The van der Waals surface area contributed by atoms with Gasteiger partial charge in [0.15, 0.2) is 5.69 Å². The minimum absolute atomic E-state index is 0.228. The average Bonchev–Trinajstić information content (AvgIpc) is 2.88. The summed E-state index contributed by atoms with van der Waals surface area (Å²) < 4.78 is 5.23. The Morgan fingerprint density at radius 1 is 1.75 bits per heavy atom. The number of nitrogens with one attached hydrogen (secondary N) is 2. The number of aryl methyl sites for hydroxylation is 1. The number of ether oxygens (including phenoxy) is 1.